The number of Topliss-reactive ketones (excluding diaryl/α,β-unsaturated/α-hetero) is 1. The Balaban J connectivity index is 4.41. The van der Waals surface area contributed by atoms with E-state index in [4.69, 9.17) is 15.3 Å². The van der Waals surface area contributed by atoms with Gasteiger partial charge in [0, 0.05) is 0 Å². The molecule has 0 heterocycles. The van der Waals surface area contributed by atoms with Crippen LogP contribution in [0.2, 0.25) is 0 Å². The fraction of sp³-hybridized carbons (Fsp3) is 0.375. The number of hydrogen-bond acceptors (Lipinski definition) is 6. The van der Waals surface area contributed by atoms with E-state index in [1.807, 2.05) is 0 Å². The molecule has 9 nitrogen and oxygen atoms in total. The lowest BCUT2D eigenvalue weighted by Gasteiger charge is -2.10. The highest BCUT2D eigenvalue weighted by Gasteiger charge is 2.27. The second kappa shape index (κ2) is 6.20. The Hall–Kier alpha value is -2.45. The topological polar surface area (TPSA) is 155 Å². The minimum Gasteiger partial charge on any atom is -0.481 e. The summed E-state index contributed by atoms with van der Waals surface area (Å²) < 4.78 is 4.14. The second-order valence-electron chi connectivity index (χ2n) is 2.82. The van der Waals surface area contributed by atoms with E-state index in [2.05, 4.69) is 4.74 Å². The molecule has 0 saturated heterocycles. The smallest absolute Gasteiger partial charge is 0.372 e. The van der Waals surface area contributed by atoms with Gasteiger partial charge in [-0.3, -0.25) is 14.4 Å². The normalized spacial score (nSPS) is 11.3. The molecule has 0 amide bonds. The average molecular weight is 248 g/mol. The summed E-state index contributed by atoms with van der Waals surface area (Å²) in [7, 11) is 0. The summed E-state index contributed by atoms with van der Waals surface area (Å²) in [4.78, 5) is 52.2. The molecule has 0 spiro atoms. The van der Waals surface area contributed by atoms with E-state index in [1.54, 1.807) is 0 Å². The van der Waals surface area contributed by atoms with Crippen LogP contribution in [0, 0.1) is 0 Å². The number of esters is 1. The Bertz CT molecular complexity index is 369. The number of ketones is 1. The standard InChI is InChI=1S/C8H8O9/c9-3(7(13)14)1-6(12)17-4(8(15)16)2-5(10)11/h4H,1-2H2,(H,10,11)(H,13,14)(H,15,16). The van der Waals surface area contributed by atoms with Crippen LogP contribution in [-0.2, 0) is 28.7 Å². The maximum atomic E-state index is 10.9. The predicted octanol–water partition coefficient (Wildman–Crippen LogP) is -1.50. The van der Waals surface area contributed by atoms with Crippen molar-refractivity contribution in [2.45, 2.75) is 18.9 Å². The van der Waals surface area contributed by atoms with Crippen LogP contribution >= 0.6 is 0 Å². The molecule has 0 saturated carbocycles. The largest absolute Gasteiger partial charge is 0.481 e. The number of aliphatic carboxylic acids is 3. The van der Waals surface area contributed by atoms with E-state index in [0.717, 1.165) is 0 Å². The first kappa shape index (κ1) is 14.6. The van der Waals surface area contributed by atoms with Crippen molar-refractivity contribution in [1.29, 1.82) is 0 Å². The number of carboxylic acids is 3. The van der Waals surface area contributed by atoms with Crippen LogP contribution in [0.3, 0.4) is 0 Å². The molecule has 0 aromatic carbocycles. The molecule has 0 aliphatic carbocycles. The van der Waals surface area contributed by atoms with Crippen molar-refractivity contribution in [3.05, 3.63) is 0 Å². The fourth-order valence-corrected chi connectivity index (χ4v) is 0.745. The maximum absolute atomic E-state index is 10.9. The van der Waals surface area contributed by atoms with Crippen molar-refractivity contribution in [2.75, 3.05) is 0 Å². The number of ether oxygens (including phenoxy) is 1. The number of carbonyl (C=O) groups excluding carboxylic acids is 2. The van der Waals surface area contributed by atoms with Gasteiger partial charge in [-0.1, -0.05) is 0 Å². The Morgan fingerprint density at radius 1 is 1.00 bits per heavy atom. The maximum Gasteiger partial charge on any atom is 0.372 e. The van der Waals surface area contributed by atoms with Gasteiger partial charge in [-0.25, -0.2) is 9.59 Å². The Labute approximate surface area is 93.6 Å². The van der Waals surface area contributed by atoms with Gasteiger partial charge >= 0.3 is 23.9 Å². The molecular formula is C8H8O9. The molecule has 0 bridgehead atoms. The highest BCUT2D eigenvalue weighted by atomic mass is 16.6. The third-order valence-corrected chi connectivity index (χ3v) is 1.45. The molecular weight excluding hydrogens is 240 g/mol. The monoisotopic (exact) mass is 248 g/mol. The van der Waals surface area contributed by atoms with E-state index in [0.29, 0.717) is 0 Å². The summed E-state index contributed by atoms with van der Waals surface area (Å²) in [5.74, 6) is -7.98. The van der Waals surface area contributed by atoms with Crippen molar-refractivity contribution >= 4 is 29.7 Å². The summed E-state index contributed by atoms with van der Waals surface area (Å²) in [5.41, 5.74) is 0. The SMILES string of the molecule is O=C(O)CC(OC(=O)CC(=O)C(=O)O)C(=O)O. The quantitative estimate of drug-likeness (QED) is 0.277. The molecule has 0 rings (SSSR count). The van der Waals surface area contributed by atoms with Crippen LogP contribution in [0.1, 0.15) is 12.8 Å². The van der Waals surface area contributed by atoms with Gasteiger partial charge < -0.3 is 20.1 Å². The Morgan fingerprint density at radius 3 is 1.88 bits per heavy atom. The predicted molar refractivity (Wildman–Crippen MR) is 47.0 cm³/mol. The molecule has 0 aromatic rings. The molecule has 0 radical (unpaired) electrons. The first-order valence-corrected chi connectivity index (χ1v) is 4.14. The van der Waals surface area contributed by atoms with Gasteiger partial charge in [-0.2, -0.15) is 0 Å². The summed E-state index contributed by atoms with van der Waals surface area (Å²) in [6, 6.07) is 0. The van der Waals surface area contributed by atoms with Crippen LogP contribution in [0.5, 0.6) is 0 Å². The lowest BCUT2D eigenvalue weighted by atomic mass is 10.2. The zero-order valence-corrected chi connectivity index (χ0v) is 8.28. The Kier molecular flexibility index (Phi) is 5.31. The molecule has 9 heteroatoms. The molecule has 1 atom stereocenters. The third-order valence-electron chi connectivity index (χ3n) is 1.45. The summed E-state index contributed by atoms with van der Waals surface area (Å²) >= 11 is 0. The van der Waals surface area contributed by atoms with Crippen molar-refractivity contribution in [3.63, 3.8) is 0 Å². The summed E-state index contributed by atoms with van der Waals surface area (Å²) in [5, 5.41) is 24.9. The molecule has 0 aliphatic heterocycles. The molecule has 1 unspecified atom stereocenters. The number of carboxylic acid groups (broad SMARTS) is 3. The van der Waals surface area contributed by atoms with Crippen LogP contribution < -0.4 is 0 Å². The van der Waals surface area contributed by atoms with Crippen LogP contribution in [-0.4, -0.2) is 51.1 Å². The summed E-state index contributed by atoms with van der Waals surface area (Å²) in [6.07, 6.45) is -4.09. The van der Waals surface area contributed by atoms with E-state index in [-0.39, 0.29) is 0 Å². The van der Waals surface area contributed by atoms with Gasteiger partial charge in [0.25, 0.3) is 5.78 Å². The van der Waals surface area contributed by atoms with Crippen molar-refractivity contribution < 1.29 is 44.0 Å². The fourth-order valence-electron chi connectivity index (χ4n) is 0.745. The highest BCUT2D eigenvalue weighted by Crippen LogP contribution is 2.02. The van der Waals surface area contributed by atoms with Gasteiger partial charge in [0.1, 0.15) is 6.42 Å². The molecule has 0 fully saturated rings. The zero-order valence-electron chi connectivity index (χ0n) is 8.28. The van der Waals surface area contributed by atoms with E-state index in [9.17, 15) is 24.0 Å². The van der Waals surface area contributed by atoms with Gasteiger partial charge in [0.15, 0.2) is 0 Å². The van der Waals surface area contributed by atoms with Crippen molar-refractivity contribution in [2.24, 2.45) is 0 Å². The minimum absolute atomic E-state index is 0.984. The second-order valence-corrected chi connectivity index (χ2v) is 2.82. The Morgan fingerprint density at radius 2 is 1.53 bits per heavy atom. The number of hydrogen-bond donors (Lipinski definition) is 3. The van der Waals surface area contributed by atoms with Gasteiger partial charge in [0.2, 0.25) is 6.10 Å². The van der Waals surface area contributed by atoms with E-state index < -0.39 is 48.6 Å². The van der Waals surface area contributed by atoms with Crippen LogP contribution in [0.25, 0.3) is 0 Å². The number of carbonyl (C=O) groups is 5. The lowest BCUT2D eigenvalue weighted by molar-refractivity contribution is -0.168. The van der Waals surface area contributed by atoms with E-state index in [1.165, 1.54) is 0 Å². The molecule has 94 valence electrons. The molecule has 3 N–H and O–H groups in total. The minimum atomic E-state index is -1.96. The van der Waals surface area contributed by atoms with Crippen molar-refractivity contribution in [3.8, 4) is 0 Å². The van der Waals surface area contributed by atoms with E-state index >= 15 is 0 Å². The van der Waals surface area contributed by atoms with Crippen LogP contribution in [0.15, 0.2) is 0 Å². The van der Waals surface area contributed by atoms with Gasteiger partial charge in [-0.15, -0.1) is 0 Å². The summed E-state index contributed by atoms with van der Waals surface area (Å²) in [6.45, 7) is 0. The number of rotatable bonds is 7. The first-order valence-electron chi connectivity index (χ1n) is 4.14. The van der Waals surface area contributed by atoms with Gasteiger partial charge in [-0.05, 0) is 0 Å². The molecule has 17 heavy (non-hydrogen) atoms. The highest BCUT2D eigenvalue weighted by molar-refractivity contribution is 6.35. The van der Waals surface area contributed by atoms with Crippen LogP contribution in [0.4, 0.5) is 0 Å². The molecule has 0 aromatic heterocycles. The zero-order chi connectivity index (χ0) is 13.6. The lowest BCUT2D eigenvalue weighted by Crippen LogP contribution is -2.31. The average Bonchev–Trinajstić information content (AvgIpc) is 2.15. The molecule has 0 aliphatic rings. The van der Waals surface area contributed by atoms with Crippen molar-refractivity contribution in [1.82, 2.24) is 0 Å². The third kappa shape index (κ3) is 5.87. The first-order chi connectivity index (χ1) is 7.73. The van der Waals surface area contributed by atoms with Gasteiger partial charge in [0.05, 0.1) is 6.42 Å².